The minimum atomic E-state index is -1.73. The smallest absolute Gasteiger partial charge is 0.184 e. The molecular formula is C14H19F3O3S. The van der Waals surface area contributed by atoms with Gasteiger partial charge < -0.3 is 14.6 Å². The van der Waals surface area contributed by atoms with Gasteiger partial charge in [-0.25, -0.2) is 23.2 Å². The van der Waals surface area contributed by atoms with Crippen LogP contribution in [-0.2, 0) is 9.47 Å². The Hall–Kier alpha value is -0.760. The van der Waals surface area contributed by atoms with E-state index in [0.29, 0.717) is 0 Å². The van der Waals surface area contributed by atoms with Crippen molar-refractivity contribution < 1.29 is 27.8 Å². The summed E-state index contributed by atoms with van der Waals surface area (Å²) in [6.45, 7) is -0.599. The molecule has 0 amide bonds. The molecule has 0 aliphatic carbocycles. The third-order valence-electron chi connectivity index (χ3n) is 3.21. The van der Waals surface area contributed by atoms with Gasteiger partial charge in [0.1, 0.15) is 24.4 Å². The van der Waals surface area contributed by atoms with Crippen molar-refractivity contribution in [3.8, 4) is 0 Å². The minimum absolute atomic E-state index is 0.0139. The summed E-state index contributed by atoms with van der Waals surface area (Å²) in [4.78, 5) is -0.105. The Bertz CT molecular complexity index is 525. The van der Waals surface area contributed by atoms with Gasteiger partial charge in [0.05, 0.1) is 18.1 Å². The van der Waals surface area contributed by atoms with E-state index < -0.39 is 40.7 Å². The van der Waals surface area contributed by atoms with Crippen LogP contribution in [0.2, 0.25) is 0 Å². The molecule has 21 heavy (non-hydrogen) atoms. The van der Waals surface area contributed by atoms with Crippen LogP contribution in [0.5, 0.6) is 0 Å². The predicted molar refractivity (Wildman–Crippen MR) is 75.6 cm³/mol. The van der Waals surface area contributed by atoms with Crippen molar-refractivity contribution in [2.75, 3.05) is 38.7 Å². The number of hydrogen-bond acceptors (Lipinski definition) is 3. The molecule has 1 N–H and O–H groups in total. The second kappa shape index (κ2) is 6.16. The van der Waals surface area contributed by atoms with E-state index in [4.69, 9.17) is 9.47 Å². The van der Waals surface area contributed by atoms with Crippen molar-refractivity contribution in [1.29, 1.82) is 0 Å². The largest absolute Gasteiger partial charge is 0.386 e. The van der Waals surface area contributed by atoms with E-state index in [1.54, 1.807) is 18.8 Å². The van der Waals surface area contributed by atoms with E-state index in [1.165, 1.54) is 0 Å². The van der Waals surface area contributed by atoms with Crippen molar-refractivity contribution in [2.24, 2.45) is 0 Å². The fourth-order valence-electron chi connectivity index (χ4n) is 2.34. The molecule has 0 spiro atoms. The summed E-state index contributed by atoms with van der Waals surface area (Å²) in [6.07, 6.45) is 2.52. The molecule has 0 aromatic heterocycles. The molecule has 1 aromatic rings. The fourth-order valence-corrected chi connectivity index (χ4v) is 3.64. The molecule has 0 bridgehead atoms. The Labute approximate surface area is 123 Å². The maximum Gasteiger partial charge on any atom is 0.184 e. The van der Waals surface area contributed by atoms with E-state index in [1.807, 2.05) is 0 Å². The second-order valence-electron chi connectivity index (χ2n) is 5.59. The van der Waals surface area contributed by atoms with Crippen LogP contribution in [0.3, 0.4) is 0 Å². The van der Waals surface area contributed by atoms with Gasteiger partial charge in [0.25, 0.3) is 0 Å². The van der Waals surface area contributed by atoms with Crippen LogP contribution < -0.4 is 0 Å². The van der Waals surface area contributed by atoms with Gasteiger partial charge in [0.2, 0.25) is 0 Å². The molecule has 0 saturated carbocycles. The molecule has 1 aliphatic rings. The highest BCUT2D eigenvalue weighted by molar-refractivity contribution is 8.32. The normalized spacial score (nSPS) is 19.0. The number of hydrogen-bond donors (Lipinski definition) is 1. The van der Waals surface area contributed by atoms with Crippen LogP contribution in [0.1, 0.15) is 23.5 Å². The lowest BCUT2D eigenvalue weighted by molar-refractivity contribution is -0.0469. The summed E-state index contributed by atoms with van der Waals surface area (Å²) in [5, 5.41) is 9.79. The average Bonchev–Trinajstić information content (AvgIpc) is 2.89. The summed E-state index contributed by atoms with van der Waals surface area (Å²) in [5.41, 5.74) is -0.261. The van der Waals surface area contributed by atoms with Crippen molar-refractivity contribution in [2.45, 2.75) is 17.3 Å². The third kappa shape index (κ3) is 3.21. The zero-order chi connectivity index (χ0) is 15.8. The summed E-state index contributed by atoms with van der Waals surface area (Å²) in [6, 6.07) is 1.08. The first-order valence-electron chi connectivity index (χ1n) is 6.44. The molecule has 0 radical (unpaired) electrons. The van der Waals surface area contributed by atoms with E-state index >= 15 is 0 Å². The molecule has 1 heterocycles. The zero-order valence-electron chi connectivity index (χ0n) is 12.2. The van der Waals surface area contributed by atoms with Crippen molar-refractivity contribution >= 4 is 10.0 Å². The molecule has 1 atom stereocenters. The monoisotopic (exact) mass is 324 g/mol. The van der Waals surface area contributed by atoms with E-state index in [2.05, 4.69) is 0 Å². The minimum Gasteiger partial charge on any atom is -0.386 e. The van der Waals surface area contributed by atoms with Crippen LogP contribution in [-0.4, -0.2) is 43.8 Å². The topological polar surface area (TPSA) is 38.7 Å². The van der Waals surface area contributed by atoms with E-state index in [-0.39, 0.29) is 29.2 Å². The SMILES string of the molecule is CS(C)(C)c1c(F)cc(C2OCCO2)c(C(O)CF)c1F. The number of alkyl halides is 1. The Balaban J connectivity index is 2.65. The van der Waals surface area contributed by atoms with Gasteiger partial charge in [-0.15, -0.1) is 0 Å². The van der Waals surface area contributed by atoms with Gasteiger partial charge in [-0.05, 0) is 24.8 Å². The second-order valence-corrected chi connectivity index (χ2v) is 9.67. The van der Waals surface area contributed by atoms with Gasteiger partial charge in [0.15, 0.2) is 6.29 Å². The van der Waals surface area contributed by atoms with Gasteiger partial charge in [0, 0.05) is 11.1 Å². The third-order valence-corrected chi connectivity index (χ3v) is 4.81. The van der Waals surface area contributed by atoms with Crippen LogP contribution in [0.15, 0.2) is 11.0 Å². The fraction of sp³-hybridized carbons (Fsp3) is 0.571. The van der Waals surface area contributed by atoms with Gasteiger partial charge in [-0.3, -0.25) is 0 Å². The molecule has 1 saturated heterocycles. The Morgan fingerprint density at radius 3 is 2.33 bits per heavy atom. The number of aliphatic hydroxyl groups excluding tert-OH is 1. The predicted octanol–water partition coefficient (Wildman–Crippen LogP) is 3.07. The highest BCUT2D eigenvalue weighted by Crippen LogP contribution is 2.50. The summed E-state index contributed by atoms with van der Waals surface area (Å²) in [5.74, 6) is -1.63. The first-order valence-corrected chi connectivity index (χ1v) is 9.30. The molecule has 7 heteroatoms. The maximum absolute atomic E-state index is 14.7. The molecule has 1 unspecified atom stereocenters. The molecule has 120 valence electrons. The molecule has 3 nitrogen and oxygen atoms in total. The first kappa shape index (κ1) is 16.6. The highest BCUT2D eigenvalue weighted by atomic mass is 32.3. The number of ether oxygens (including phenoxy) is 2. The standard InChI is InChI=1S/C14H19F3O3S/c1-21(2,3)13-9(16)6-8(14-19-4-5-20-14)11(12(13)17)10(18)7-15/h6,10,14,18H,4-5,7H2,1-3H3. The lowest BCUT2D eigenvalue weighted by Gasteiger charge is -2.30. The van der Waals surface area contributed by atoms with Gasteiger partial charge >= 0.3 is 0 Å². The maximum atomic E-state index is 14.7. The molecular weight excluding hydrogens is 305 g/mol. The number of rotatable bonds is 4. The summed E-state index contributed by atoms with van der Waals surface area (Å²) < 4.78 is 52.3. The van der Waals surface area contributed by atoms with Crippen LogP contribution >= 0.6 is 10.0 Å². The molecule has 1 aliphatic heterocycles. The van der Waals surface area contributed by atoms with Crippen molar-refractivity contribution in [1.82, 2.24) is 0 Å². The number of benzene rings is 1. The summed E-state index contributed by atoms with van der Waals surface area (Å²) in [7, 11) is -1.73. The molecule has 1 fully saturated rings. The van der Waals surface area contributed by atoms with Crippen LogP contribution in [0, 0.1) is 11.6 Å². The van der Waals surface area contributed by atoms with Crippen LogP contribution in [0.25, 0.3) is 0 Å². The zero-order valence-corrected chi connectivity index (χ0v) is 13.0. The van der Waals surface area contributed by atoms with Crippen molar-refractivity contribution in [3.05, 3.63) is 28.8 Å². The highest BCUT2D eigenvalue weighted by Gasteiger charge is 2.32. The first-order chi connectivity index (χ1) is 9.77. The van der Waals surface area contributed by atoms with Gasteiger partial charge in [-0.2, -0.15) is 0 Å². The lowest BCUT2D eigenvalue weighted by atomic mass is 10.0. The van der Waals surface area contributed by atoms with E-state index in [9.17, 15) is 18.3 Å². The quantitative estimate of drug-likeness (QED) is 0.925. The van der Waals surface area contributed by atoms with Crippen molar-refractivity contribution in [3.63, 3.8) is 0 Å². The number of halogens is 3. The Kier molecular flexibility index (Phi) is 4.87. The average molecular weight is 324 g/mol. The van der Waals surface area contributed by atoms with Gasteiger partial charge in [-0.1, -0.05) is 0 Å². The lowest BCUT2D eigenvalue weighted by Crippen LogP contribution is -2.15. The summed E-state index contributed by atoms with van der Waals surface area (Å²) >= 11 is 0. The van der Waals surface area contributed by atoms with E-state index in [0.717, 1.165) is 6.07 Å². The Morgan fingerprint density at radius 1 is 1.29 bits per heavy atom. The van der Waals surface area contributed by atoms with Crippen LogP contribution in [0.4, 0.5) is 13.2 Å². The molecule has 1 aromatic carbocycles. The number of aliphatic hydroxyl groups is 1. The Morgan fingerprint density at radius 2 is 1.86 bits per heavy atom. The molecule has 2 rings (SSSR count).